The van der Waals surface area contributed by atoms with Crippen molar-refractivity contribution in [1.82, 2.24) is 9.80 Å². The highest BCUT2D eigenvalue weighted by Crippen LogP contribution is 2.29. The Kier molecular flexibility index (Phi) is 4.92. The minimum absolute atomic E-state index is 0.0343. The predicted molar refractivity (Wildman–Crippen MR) is 96.9 cm³/mol. The van der Waals surface area contributed by atoms with Crippen LogP contribution in [-0.4, -0.2) is 74.6 Å². The Morgan fingerprint density at radius 1 is 1.28 bits per heavy atom. The van der Waals surface area contributed by atoms with Crippen molar-refractivity contribution in [2.45, 2.75) is 25.9 Å². The molecule has 8 heteroatoms. The number of ether oxygens (including phenoxy) is 1. The van der Waals surface area contributed by atoms with E-state index in [0.717, 1.165) is 12.1 Å². The molecule has 0 spiro atoms. The molecular weight excluding hydrogens is 342 g/mol. The topological polar surface area (TPSA) is 79.0 Å². The average molecular weight is 367 g/mol. The lowest BCUT2D eigenvalue weighted by molar-refractivity contribution is 0.0744. The van der Waals surface area contributed by atoms with Crippen LogP contribution in [0.2, 0.25) is 0 Å². The number of amides is 2. The highest BCUT2D eigenvalue weighted by atomic mass is 32.2. The zero-order valence-corrected chi connectivity index (χ0v) is 15.7. The first kappa shape index (κ1) is 18.0. The minimum atomic E-state index is -3.12. The summed E-state index contributed by atoms with van der Waals surface area (Å²) < 4.78 is 29.6. The zero-order valence-electron chi connectivity index (χ0n) is 14.9. The van der Waals surface area contributed by atoms with Crippen LogP contribution >= 0.6 is 0 Å². The molecule has 2 aliphatic rings. The third kappa shape index (κ3) is 3.59. The molecule has 0 aliphatic carbocycles. The highest BCUT2D eigenvalue weighted by Gasteiger charge is 2.47. The number of rotatable bonds is 3. The number of urea groups is 1. The van der Waals surface area contributed by atoms with Gasteiger partial charge >= 0.3 is 6.03 Å². The number of sulfone groups is 1. The normalized spacial score (nSPS) is 25.5. The number of likely N-dealkylation sites (N-methyl/N-ethyl adjacent to an activating group) is 1. The van der Waals surface area contributed by atoms with Crippen molar-refractivity contribution in [1.29, 1.82) is 0 Å². The van der Waals surface area contributed by atoms with Crippen LogP contribution in [0, 0.1) is 6.92 Å². The zero-order chi connectivity index (χ0) is 18.2. The lowest BCUT2D eigenvalue weighted by Gasteiger charge is -2.43. The lowest BCUT2D eigenvalue weighted by Crippen LogP contribution is -2.61. The monoisotopic (exact) mass is 367 g/mol. The Bertz CT molecular complexity index is 765. The molecule has 0 unspecified atom stereocenters. The number of carbonyl (C=O) groups excluding carboxylic acids is 1. The van der Waals surface area contributed by atoms with Gasteiger partial charge in [-0.2, -0.15) is 0 Å². The molecule has 1 aromatic rings. The third-order valence-corrected chi connectivity index (χ3v) is 6.75. The van der Waals surface area contributed by atoms with E-state index in [4.69, 9.17) is 4.74 Å². The number of fused-ring (bicyclic) bond motifs is 1. The van der Waals surface area contributed by atoms with Gasteiger partial charge in [-0.15, -0.1) is 0 Å². The van der Waals surface area contributed by atoms with Gasteiger partial charge in [0.1, 0.15) is 5.75 Å². The molecule has 2 heterocycles. The average Bonchev–Trinajstić information content (AvgIpc) is 2.88. The Labute approximate surface area is 148 Å². The molecule has 1 N–H and O–H groups in total. The second-order valence-corrected chi connectivity index (χ2v) is 8.82. The number of nitrogens with one attached hydrogen (secondary N) is 1. The van der Waals surface area contributed by atoms with Gasteiger partial charge in [-0.1, -0.05) is 13.0 Å². The van der Waals surface area contributed by atoms with Crippen molar-refractivity contribution < 1.29 is 17.9 Å². The second kappa shape index (κ2) is 6.84. The maximum atomic E-state index is 12.8. The van der Waals surface area contributed by atoms with Crippen molar-refractivity contribution in [3.05, 3.63) is 23.8 Å². The first-order valence-corrected chi connectivity index (χ1v) is 10.3. The fourth-order valence-electron chi connectivity index (χ4n) is 3.78. The van der Waals surface area contributed by atoms with Gasteiger partial charge in [-0.05, 0) is 31.2 Å². The maximum absolute atomic E-state index is 12.8. The van der Waals surface area contributed by atoms with Gasteiger partial charge in [0.25, 0.3) is 0 Å². The van der Waals surface area contributed by atoms with Gasteiger partial charge in [0.2, 0.25) is 0 Å². The summed E-state index contributed by atoms with van der Waals surface area (Å²) in [5.74, 6) is 0.747. The molecule has 7 nitrogen and oxygen atoms in total. The Balaban J connectivity index is 1.82. The van der Waals surface area contributed by atoms with Gasteiger partial charge in [-0.25, -0.2) is 13.2 Å². The summed E-state index contributed by atoms with van der Waals surface area (Å²) in [6, 6.07) is 4.88. The molecule has 2 amide bonds. The molecule has 3 rings (SSSR count). The molecule has 1 aromatic carbocycles. The van der Waals surface area contributed by atoms with E-state index in [1.807, 2.05) is 32.0 Å². The third-order valence-electron chi connectivity index (χ3n) is 5.05. The Morgan fingerprint density at radius 2 is 2.00 bits per heavy atom. The fourth-order valence-corrected chi connectivity index (χ4v) is 5.79. The first-order chi connectivity index (χ1) is 11.8. The molecule has 2 saturated heterocycles. The smallest absolute Gasteiger partial charge is 0.322 e. The number of aryl methyl sites for hydroxylation is 1. The summed E-state index contributed by atoms with van der Waals surface area (Å²) in [6.45, 7) is 5.96. The molecule has 138 valence electrons. The first-order valence-electron chi connectivity index (χ1n) is 8.51. The van der Waals surface area contributed by atoms with Crippen molar-refractivity contribution in [3.63, 3.8) is 0 Å². The molecule has 2 aliphatic heterocycles. The number of methoxy groups -OCH3 is 1. The summed E-state index contributed by atoms with van der Waals surface area (Å²) in [7, 11) is -1.56. The van der Waals surface area contributed by atoms with Gasteiger partial charge in [0, 0.05) is 19.1 Å². The van der Waals surface area contributed by atoms with Crippen molar-refractivity contribution in [3.8, 4) is 5.75 Å². The van der Waals surface area contributed by atoms with Crippen LogP contribution in [0.1, 0.15) is 12.5 Å². The van der Waals surface area contributed by atoms with Crippen molar-refractivity contribution in [2.75, 3.05) is 43.6 Å². The van der Waals surface area contributed by atoms with E-state index in [2.05, 4.69) is 10.2 Å². The molecular formula is C17H25N3O4S. The summed E-state index contributed by atoms with van der Waals surface area (Å²) in [5, 5.41) is 2.89. The Hall–Kier alpha value is -1.80. The number of hydrogen-bond acceptors (Lipinski definition) is 5. The largest absolute Gasteiger partial charge is 0.495 e. The number of carbonyl (C=O) groups is 1. The van der Waals surface area contributed by atoms with Crippen LogP contribution in [0.5, 0.6) is 5.75 Å². The molecule has 2 atom stereocenters. The van der Waals surface area contributed by atoms with Crippen LogP contribution in [0.4, 0.5) is 10.5 Å². The SMILES string of the molecule is CCN1CCN(C(=O)Nc2cc(C)ccc2OC)[C@H]2CS(=O)(=O)C[C@H]21. The Morgan fingerprint density at radius 3 is 2.68 bits per heavy atom. The van der Waals surface area contributed by atoms with E-state index < -0.39 is 9.84 Å². The standard InChI is InChI=1S/C17H25N3O4S/c1-4-19-7-8-20(15-11-25(22,23)10-14(15)19)17(21)18-13-9-12(2)5-6-16(13)24-3/h5-6,9,14-15H,4,7-8,10-11H2,1-3H3,(H,18,21)/t14-,15+/m1/s1. The van der Waals surface area contributed by atoms with Crippen LogP contribution in [0.15, 0.2) is 18.2 Å². The summed E-state index contributed by atoms with van der Waals surface area (Å²) in [4.78, 5) is 16.7. The lowest BCUT2D eigenvalue weighted by atomic mass is 10.1. The van der Waals surface area contributed by atoms with Gasteiger partial charge < -0.3 is 15.0 Å². The van der Waals surface area contributed by atoms with Gasteiger partial charge in [0.05, 0.1) is 30.3 Å². The summed E-state index contributed by atoms with van der Waals surface area (Å²) in [5.41, 5.74) is 1.61. The van der Waals surface area contributed by atoms with E-state index in [1.54, 1.807) is 12.0 Å². The molecule has 0 bridgehead atoms. The molecule has 0 aromatic heterocycles. The number of hydrogen-bond donors (Lipinski definition) is 1. The van der Waals surface area contributed by atoms with Crippen LogP contribution in [0.25, 0.3) is 0 Å². The van der Waals surface area contributed by atoms with Crippen molar-refractivity contribution >= 4 is 21.6 Å². The minimum Gasteiger partial charge on any atom is -0.495 e. The van der Waals surface area contributed by atoms with E-state index in [0.29, 0.717) is 24.5 Å². The number of benzene rings is 1. The summed E-state index contributed by atoms with van der Waals surface area (Å²) in [6.07, 6.45) is 0. The van der Waals surface area contributed by atoms with E-state index in [1.165, 1.54) is 0 Å². The van der Waals surface area contributed by atoms with Crippen molar-refractivity contribution in [2.24, 2.45) is 0 Å². The molecule has 25 heavy (non-hydrogen) atoms. The fraction of sp³-hybridized carbons (Fsp3) is 0.588. The predicted octanol–water partition coefficient (Wildman–Crippen LogP) is 1.34. The molecule has 0 radical (unpaired) electrons. The van der Waals surface area contributed by atoms with Crippen LogP contribution in [0.3, 0.4) is 0 Å². The van der Waals surface area contributed by atoms with E-state index in [-0.39, 0.29) is 29.6 Å². The number of nitrogens with zero attached hydrogens (tertiary/aromatic N) is 2. The van der Waals surface area contributed by atoms with Gasteiger partial charge in [0.15, 0.2) is 9.84 Å². The van der Waals surface area contributed by atoms with Crippen LogP contribution in [-0.2, 0) is 9.84 Å². The molecule has 2 fully saturated rings. The highest BCUT2D eigenvalue weighted by molar-refractivity contribution is 7.91. The van der Waals surface area contributed by atoms with Gasteiger partial charge in [-0.3, -0.25) is 4.90 Å². The molecule has 0 saturated carbocycles. The van der Waals surface area contributed by atoms with Crippen LogP contribution < -0.4 is 10.1 Å². The second-order valence-electron chi connectivity index (χ2n) is 6.67. The number of piperazine rings is 1. The van der Waals surface area contributed by atoms with E-state index >= 15 is 0 Å². The number of anilines is 1. The maximum Gasteiger partial charge on any atom is 0.322 e. The summed E-state index contributed by atoms with van der Waals surface area (Å²) >= 11 is 0. The quantitative estimate of drug-likeness (QED) is 0.872. The van der Waals surface area contributed by atoms with E-state index in [9.17, 15) is 13.2 Å².